The molecule has 13 heteroatoms. The third-order valence-electron chi connectivity index (χ3n) is 7.37. The SMILES string of the molecule is CC(C)C[C@@H](C(=O)NN(CC(C)C)C(=O)CN1CCOCC1)[C@H](CC=Cc1ccccc1)C(=O)NO.Cc1ccc(S(=O)(=O)O)cc1. The van der Waals surface area contributed by atoms with Crippen LogP contribution in [-0.2, 0) is 29.2 Å². The Morgan fingerprint density at radius 1 is 0.936 bits per heavy atom. The van der Waals surface area contributed by atoms with Crippen LogP contribution in [0, 0.1) is 30.6 Å². The molecule has 0 unspecified atom stereocenters. The van der Waals surface area contributed by atoms with Crippen molar-refractivity contribution in [2.75, 3.05) is 39.4 Å². The van der Waals surface area contributed by atoms with Gasteiger partial charge in [-0.05, 0) is 49.3 Å². The quantitative estimate of drug-likeness (QED) is 0.140. The molecule has 2 atom stereocenters. The lowest BCUT2D eigenvalue weighted by molar-refractivity contribution is -0.148. The average molecular weight is 675 g/mol. The first-order valence-electron chi connectivity index (χ1n) is 15.8. The van der Waals surface area contributed by atoms with Crippen molar-refractivity contribution in [3.8, 4) is 0 Å². The summed E-state index contributed by atoms with van der Waals surface area (Å²) in [6.07, 6.45) is 4.42. The molecular weight excluding hydrogens is 624 g/mol. The van der Waals surface area contributed by atoms with Gasteiger partial charge >= 0.3 is 0 Å². The number of rotatable bonds is 13. The molecular formula is C34H50N4O8S. The lowest BCUT2D eigenvalue weighted by Crippen LogP contribution is -2.55. The van der Waals surface area contributed by atoms with Crippen LogP contribution in [0.25, 0.3) is 6.08 Å². The Kier molecular flexibility index (Phi) is 16.8. The van der Waals surface area contributed by atoms with Crippen molar-refractivity contribution < 1.29 is 37.3 Å². The summed E-state index contributed by atoms with van der Waals surface area (Å²) in [4.78, 5) is 41.3. The van der Waals surface area contributed by atoms with Gasteiger partial charge in [0, 0.05) is 19.6 Å². The smallest absolute Gasteiger partial charge is 0.294 e. The number of allylic oxidation sites excluding steroid dienone is 1. The van der Waals surface area contributed by atoms with E-state index in [0.717, 1.165) is 11.1 Å². The number of hydrazine groups is 1. The van der Waals surface area contributed by atoms with Gasteiger partial charge in [0.1, 0.15) is 0 Å². The van der Waals surface area contributed by atoms with Gasteiger partial charge in [-0.15, -0.1) is 0 Å². The van der Waals surface area contributed by atoms with Crippen molar-refractivity contribution in [1.82, 2.24) is 20.8 Å². The molecule has 0 aromatic heterocycles. The summed E-state index contributed by atoms with van der Waals surface area (Å²) in [6.45, 7) is 12.8. The maximum atomic E-state index is 13.5. The van der Waals surface area contributed by atoms with Gasteiger partial charge in [0.05, 0.1) is 36.5 Å². The van der Waals surface area contributed by atoms with E-state index >= 15 is 0 Å². The number of amides is 3. The van der Waals surface area contributed by atoms with Crippen molar-refractivity contribution in [3.63, 3.8) is 0 Å². The van der Waals surface area contributed by atoms with Crippen LogP contribution in [0.3, 0.4) is 0 Å². The summed E-state index contributed by atoms with van der Waals surface area (Å²) < 4.78 is 34.9. The number of hydrogen-bond acceptors (Lipinski definition) is 8. The standard InChI is InChI=1S/C27H42N4O5.C7H8O3S/c1-20(2)17-24(23(27(34)29-35)12-8-11-22-9-6-5-7-10-22)26(33)28-31(18-21(3)4)25(32)19-30-13-15-36-16-14-30;1-6-2-4-7(5-3-6)11(8,9)10/h5-11,20-21,23-24,35H,12-19H2,1-4H3,(H,28,33)(H,29,34);2-5H,1H3,(H,8,9,10)/t23-,24+;/m0./s1. The van der Waals surface area contributed by atoms with Crippen molar-refractivity contribution in [2.45, 2.75) is 52.4 Å². The van der Waals surface area contributed by atoms with Gasteiger partial charge < -0.3 is 4.74 Å². The molecule has 0 bridgehead atoms. The zero-order chi connectivity index (χ0) is 35.0. The molecule has 0 aliphatic carbocycles. The molecule has 2 aromatic rings. The van der Waals surface area contributed by atoms with Crippen molar-refractivity contribution >= 4 is 33.9 Å². The summed E-state index contributed by atoms with van der Waals surface area (Å²) in [6, 6.07) is 15.6. The maximum Gasteiger partial charge on any atom is 0.294 e. The summed E-state index contributed by atoms with van der Waals surface area (Å²) in [5.74, 6) is -2.50. The number of nitrogens with one attached hydrogen (secondary N) is 2. The van der Waals surface area contributed by atoms with Gasteiger partial charge in [0.15, 0.2) is 0 Å². The van der Waals surface area contributed by atoms with Gasteiger partial charge in [0.25, 0.3) is 16.0 Å². The Balaban J connectivity index is 0.000000587. The number of carbonyl (C=O) groups excluding carboxylic acids is 3. The molecule has 4 N–H and O–H groups in total. The maximum absolute atomic E-state index is 13.5. The van der Waals surface area contributed by atoms with Crippen LogP contribution in [0.5, 0.6) is 0 Å². The van der Waals surface area contributed by atoms with E-state index in [-0.39, 0.29) is 35.6 Å². The second kappa shape index (κ2) is 19.9. The molecule has 0 saturated carbocycles. The molecule has 1 saturated heterocycles. The summed E-state index contributed by atoms with van der Waals surface area (Å²) in [5.41, 5.74) is 6.48. The topological polar surface area (TPSA) is 166 Å². The van der Waals surface area contributed by atoms with Crippen LogP contribution >= 0.6 is 0 Å². The normalized spacial score (nSPS) is 15.1. The molecule has 1 aliphatic heterocycles. The van der Waals surface area contributed by atoms with E-state index in [9.17, 15) is 28.0 Å². The molecule has 0 radical (unpaired) electrons. The summed E-state index contributed by atoms with van der Waals surface area (Å²) in [7, 11) is -4.02. The van der Waals surface area contributed by atoms with Gasteiger partial charge in [-0.25, -0.2) is 5.48 Å². The Labute approximate surface area is 278 Å². The first-order chi connectivity index (χ1) is 22.2. The zero-order valence-corrected chi connectivity index (χ0v) is 28.8. The van der Waals surface area contributed by atoms with Crippen LogP contribution in [0.1, 0.15) is 51.7 Å². The molecule has 12 nitrogen and oxygen atoms in total. The highest BCUT2D eigenvalue weighted by atomic mass is 32.2. The van der Waals surface area contributed by atoms with E-state index in [1.165, 1.54) is 17.1 Å². The van der Waals surface area contributed by atoms with E-state index < -0.39 is 33.8 Å². The van der Waals surface area contributed by atoms with Crippen molar-refractivity contribution in [3.05, 3.63) is 71.8 Å². The number of morpholine rings is 1. The minimum absolute atomic E-state index is 0.0666. The monoisotopic (exact) mass is 674 g/mol. The lowest BCUT2D eigenvalue weighted by Gasteiger charge is -2.32. The van der Waals surface area contributed by atoms with Gasteiger partial charge in [-0.3, -0.25) is 39.5 Å². The first kappa shape index (κ1) is 39.6. The third kappa shape index (κ3) is 14.8. The lowest BCUT2D eigenvalue weighted by atomic mass is 9.82. The molecule has 3 amide bonds. The predicted molar refractivity (Wildman–Crippen MR) is 179 cm³/mol. The highest BCUT2D eigenvalue weighted by Gasteiger charge is 2.35. The molecule has 260 valence electrons. The first-order valence-corrected chi connectivity index (χ1v) is 17.3. The minimum atomic E-state index is -4.02. The molecule has 47 heavy (non-hydrogen) atoms. The van der Waals surface area contributed by atoms with E-state index in [2.05, 4.69) is 5.43 Å². The molecule has 1 fully saturated rings. The Morgan fingerprint density at radius 3 is 2.09 bits per heavy atom. The number of ether oxygens (including phenoxy) is 1. The fourth-order valence-electron chi connectivity index (χ4n) is 4.95. The highest BCUT2D eigenvalue weighted by Crippen LogP contribution is 2.26. The molecule has 1 heterocycles. The number of aryl methyl sites for hydroxylation is 1. The number of nitrogens with zero attached hydrogens (tertiary/aromatic N) is 2. The number of hydroxylamine groups is 1. The van der Waals surface area contributed by atoms with Crippen LogP contribution in [0.2, 0.25) is 0 Å². The van der Waals surface area contributed by atoms with Crippen LogP contribution < -0.4 is 10.9 Å². The summed E-state index contributed by atoms with van der Waals surface area (Å²) in [5, 5.41) is 10.8. The van der Waals surface area contributed by atoms with Crippen LogP contribution in [0.15, 0.2) is 65.6 Å². The van der Waals surface area contributed by atoms with Crippen LogP contribution in [0.4, 0.5) is 0 Å². The minimum Gasteiger partial charge on any atom is -0.379 e. The van der Waals surface area contributed by atoms with Gasteiger partial charge in [-0.1, -0.05) is 87.9 Å². The van der Waals surface area contributed by atoms with E-state index in [4.69, 9.17) is 9.29 Å². The average Bonchev–Trinajstić information content (AvgIpc) is 3.02. The van der Waals surface area contributed by atoms with Gasteiger partial charge in [-0.2, -0.15) is 8.42 Å². The van der Waals surface area contributed by atoms with E-state index in [1.54, 1.807) is 17.6 Å². The van der Waals surface area contributed by atoms with E-state index in [0.29, 0.717) is 39.3 Å². The predicted octanol–water partition coefficient (Wildman–Crippen LogP) is 3.96. The van der Waals surface area contributed by atoms with Crippen LogP contribution in [-0.4, -0.2) is 85.2 Å². The number of carbonyl (C=O) groups is 3. The van der Waals surface area contributed by atoms with Crippen molar-refractivity contribution in [2.24, 2.45) is 23.7 Å². The Bertz CT molecular complexity index is 1390. The van der Waals surface area contributed by atoms with E-state index in [1.807, 2.05) is 82.0 Å². The fraction of sp³-hybridized carbons (Fsp3) is 0.500. The fourth-order valence-corrected chi connectivity index (χ4v) is 5.43. The Morgan fingerprint density at radius 2 is 1.55 bits per heavy atom. The number of hydrogen-bond donors (Lipinski definition) is 4. The molecule has 0 spiro atoms. The second-order valence-corrected chi connectivity index (χ2v) is 13.8. The molecule has 1 aliphatic rings. The van der Waals surface area contributed by atoms with Crippen molar-refractivity contribution in [1.29, 1.82) is 0 Å². The van der Waals surface area contributed by atoms with Gasteiger partial charge in [0.2, 0.25) is 11.8 Å². The zero-order valence-electron chi connectivity index (χ0n) is 28.0. The summed E-state index contributed by atoms with van der Waals surface area (Å²) >= 11 is 0. The molecule has 3 rings (SSSR count). The highest BCUT2D eigenvalue weighted by molar-refractivity contribution is 7.85. The second-order valence-electron chi connectivity index (χ2n) is 12.4. The largest absolute Gasteiger partial charge is 0.379 e. The number of benzene rings is 2. The third-order valence-corrected chi connectivity index (χ3v) is 8.24. The Hall–Kier alpha value is -3.62. The molecule has 2 aromatic carbocycles.